The van der Waals surface area contributed by atoms with Crippen molar-refractivity contribution in [2.75, 3.05) is 5.32 Å². The van der Waals surface area contributed by atoms with Crippen molar-refractivity contribution in [3.05, 3.63) is 102 Å². The Labute approximate surface area is 167 Å². The first-order chi connectivity index (χ1) is 13.8. The van der Waals surface area contributed by atoms with Crippen LogP contribution in [0.1, 0.15) is 0 Å². The molecule has 0 radical (unpaired) electrons. The Kier molecular flexibility index (Phi) is 4.31. The van der Waals surface area contributed by atoms with Crippen LogP contribution in [0.2, 0.25) is 0 Å². The van der Waals surface area contributed by atoms with E-state index in [1.807, 2.05) is 48.5 Å². The van der Waals surface area contributed by atoms with Crippen LogP contribution in [0.15, 0.2) is 102 Å². The molecule has 1 heterocycles. The van der Waals surface area contributed by atoms with E-state index in [1.165, 1.54) is 9.58 Å². The number of fused-ring (bicyclic) bond motifs is 2. The zero-order valence-electron chi connectivity index (χ0n) is 15.1. The molecule has 2 aliphatic rings. The molecule has 0 amide bonds. The fourth-order valence-electron chi connectivity index (χ4n) is 3.16. The van der Waals surface area contributed by atoms with Crippen molar-refractivity contribution in [1.82, 2.24) is 0 Å². The second-order valence-corrected chi connectivity index (χ2v) is 7.64. The lowest BCUT2D eigenvalue weighted by molar-refractivity contribution is -0.330. The fourth-order valence-corrected chi connectivity index (χ4v) is 4.22. The molecule has 0 fully saturated rings. The molecule has 0 bridgehead atoms. The number of rotatable bonds is 3. The van der Waals surface area contributed by atoms with Crippen LogP contribution in [-0.4, -0.2) is 0 Å². The Morgan fingerprint density at radius 2 is 1.50 bits per heavy atom. The molecule has 3 nitrogen and oxygen atoms in total. The smallest absolute Gasteiger partial charge is 0.221 e. The number of H-pyrrole nitrogens is 1. The van der Waals surface area contributed by atoms with Gasteiger partial charge in [0.05, 0.1) is 11.0 Å². The molecule has 1 aliphatic carbocycles. The van der Waals surface area contributed by atoms with Gasteiger partial charge in [0.2, 0.25) is 11.2 Å². The second kappa shape index (κ2) is 7.25. The minimum Gasteiger partial charge on any atom is -0.355 e. The molecular formula is C24H18N3S+. The molecule has 0 spiro atoms. The van der Waals surface area contributed by atoms with E-state index in [9.17, 15) is 0 Å². The van der Waals surface area contributed by atoms with Crippen LogP contribution in [0, 0.1) is 0 Å². The zero-order chi connectivity index (χ0) is 18.8. The number of nitrogens with zero attached hydrogens (tertiary/aromatic N) is 1. The maximum absolute atomic E-state index is 4.73. The fraction of sp³-hybridized carbons (Fsp3) is 0. The molecule has 0 saturated heterocycles. The number of benzene rings is 4. The van der Waals surface area contributed by atoms with E-state index >= 15 is 0 Å². The topological polar surface area (TPSA) is 38.5 Å². The standard InChI is InChI=1S/C24H17N3S/c1-3-7-17(8-4-1)25-19-11-13-21-23(15-19)28-24-16-20(12-14-22(24)27-21)26-18-9-5-2-6-10-18/h1-16,25H/p+1. The molecule has 0 unspecified atom stereocenters. The summed E-state index contributed by atoms with van der Waals surface area (Å²) in [6.45, 7) is 0. The van der Waals surface area contributed by atoms with Crippen molar-refractivity contribution in [1.29, 1.82) is 0 Å². The highest BCUT2D eigenvalue weighted by Gasteiger charge is 2.13. The van der Waals surface area contributed by atoms with Crippen LogP contribution in [0.5, 0.6) is 0 Å². The molecule has 4 heteroatoms. The normalized spacial score (nSPS) is 11.8. The minimum absolute atomic E-state index is 0.960. The van der Waals surface area contributed by atoms with Gasteiger partial charge in [-0.25, -0.2) is 9.98 Å². The van der Waals surface area contributed by atoms with Crippen molar-refractivity contribution in [3.63, 3.8) is 0 Å². The van der Waals surface area contributed by atoms with Crippen LogP contribution in [0.3, 0.4) is 0 Å². The van der Waals surface area contributed by atoms with Gasteiger partial charge < -0.3 is 5.32 Å². The van der Waals surface area contributed by atoms with Crippen LogP contribution in [-0.2, 0) is 0 Å². The van der Waals surface area contributed by atoms with Crippen LogP contribution in [0.4, 0.5) is 17.1 Å². The largest absolute Gasteiger partial charge is 0.355 e. The summed E-state index contributed by atoms with van der Waals surface area (Å²) in [6, 6.07) is 33.0. The average molecular weight is 380 g/mol. The van der Waals surface area contributed by atoms with E-state index in [0.29, 0.717) is 0 Å². The summed E-state index contributed by atoms with van der Waals surface area (Å²) in [4.78, 5) is 9.44. The number of hydrogen-bond donors (Lipinski definition) is 1. The van der Waals surface area contributed by atoms with Gasteiger partial charge in [-0.15, -0.1) is 11.3 Å². The molecule has 3 aromatic carbocycles. The van der Waals surface area contributed by atoms with Crippen molar-refractivity contribution in [2.45, 2.75) is 0 Å². The monoisotopic (exact) mass is 380 g/mol. The van der Waals surface area contributed by atoms with Crippen molar-refractivity contribution in [3.8, 4) is 10.6 Å². The predicted molar refractivity (Wildman–Crippen MR) is 116 cm³/mol. The first kappa shape index (κ1) is 16.7. The highest BCUT2D eigenvalue weighted by molar-refractivity contribution is 7.21. The Hall–Kier alpha value is -3.50. The molecule has 28 heavy (non-hydrogen) atoms. The predicted octanol–water partition coefficient (Wildman–Crippen LogP) is 5.80. The summed E-state index contributed by atoms with van der Waals surface area (Å²) >= 11 is 1.77. The highest BCUT2D eigenvalue weighted by Crippen LogP contribution is 2.29. The van der Waals surface area contributed by atoms with Gasteiger partial charge in [-0.1, -0.05) is 36.4 Å². The van der Waals surface area contributed by atoms with Crippen LogP contribution in [0.25, 0.3) is 20.8 Å². The Morgan fingerprint density at radius 1 is 0.714 bits per heavy atom. The summed E-state index contributed by atoms with van der Waals surface area (Å²) < 4.78 is 1.20. The van der Waals surface area contributed by atoms with Gasteiger partial charge in [-0.2, -0.15) is 0 Å². The first-order valence-corrected chi connectivity index (χ1v) is 9.97. The van der Waals surface area contributed by atoms with Gasteiger partial charge in [0.25, 0.3) is 0 Å². The van der Waals surface area contributed by atoms with E-state index in [0.717, 1.165) is 33.6 Å². The Morgan fingerprint density at radius 3 is 2.32 bits per heavy atom. The highest BCUT2D eigenvalue weighted by atomic mass is 32.1. The van der Waals surface area contributed by atoms with E-state index < -0.39 is 0 Å². The van der Waals surface area contributed by atoms with Crippen molar-refractivity contribution in [2.24, 2.45) is 4.99 Å². The number of aromatic amines is 1. The third-order valence-electron chi connectivity index (χ3n) is 4.51. The zero-order valence-corrected chi connectivity index (χ0v) is 15.9. The number of nitrogens with one attached hydrogen (secondary N) is 2. The SMILES string of the molecule is c1ccc(N=c2ccc3[nH+]c4ccc(Nc5ccccc5)cc4sc-3c2)cc1. The quantitative estimate of drug-likeness (QED) is 0.395. The summed E-state index contributed by atoms with van der Waals surface area (Å²) in [7, 11) is 0. The van der Waals surface area contributed by atoms with E-state index in [1.54, 1.807) is 11.3 Å². The Balaban J connectivity index is 1.57. The molecule has 0 saturated carbocycles. The minimum atomic E-state index is 0.960. The summed E-state index contributed by atoms with van der Waals surface area (Å²) in [5.74, 6) is 0. The molecule has 0 atom stereocenters. The van der Waals surface area contributed by atoms with E-state index in [-0.39, 0.29) is 0 Å². The van der Waals surface area contributed by atoms with Gasteiger partial charge in [-0.05, 0) is 48.5 Å². The summed E-state index contributed by atoms with van der Waals surface area (Å²) in [5.41, 5.74) is 5.37. The lowest BCUT2D eigenvalue weighted by Crippen LogP contribution is -2.11. The third kappa shape index (κ3) is 3.50. The average Bonchev–Trinajstić information content (AvgIpc) is 2.74. The molecule has 3 aromatic rings. The van der Waals surface area contributed by atoms with Gasteiger partial charge in [0.1, 0.15) is 9.58 Å². The number of para-hydroxylation sites is 2. The van der Waals surface area contributed by atoms with Crippen LogP contribution >= 0.6 is 11.3 Å². The van der Waals surface area contributed by atoms with E-state index in [2.05, 4.69) is 58.8 Å². The Bertz CT molecular complexity index is 1280. The number of aromatic nitrogens is 1. The summed E-state index contributed by atoms with van der Waals surface area (Å²) in [6.07, 6.45) is 0. The van der Waals surface area contributed by atoms with Crippen LogP contribution < -0.4 is 15.7 Å². The summed E-state index contributed by atoms with van der Waals surface area (Å²) in [5, 5.41) is 4.42. The van der Waals surface area contributed by atoms with E-state index in [4.69, 9.17) is 4.99 Å². The molecule has 5 rings (SSSR count). The van der Waals surface area contributed by atoms with Crippen molar-refractivity contribution < 1.29 is 4.98 Å². The number of anilines is 2. The second-order valence-electron chi connectivity index (χ2n) is 6.56. The molecule has 1 aliphatic heterocycles. The maximum Gasteiger partial charge on any atom is 0.221 e. The van der Waals surface area contributed by atoms with Crippen molar-refractivity contribution >= 4 is 38.6 Å². The molecule has 134 valence electrons. The molecule has 0 aromatic heterocycles. The van der Waals surface area contributed by atoms with Gasteiger partial charge in [0, 0.05) is 23.5 Å². The molecular weight excluding hydrogens is 362 g/mol. The van der Waals surface area contributed by atoms with Gasteiger partial charge in [-0.3, -0.25) is 0 Å². The van der Waals surface area contributed by atoms with Gasteiger partial charge >= 0.3 is 0 Å². The van der Waals surface area contributed by atoms with Gasteiger partial charge in [0.15, 0.2) is 0 Å². The number of hydrogen-bond acceptors (Lipinski definition) is 3. The third-order valence-corrected chi connectivity index (χ3v) is 5.63. The first-order valence-electron chi connectivity index (χ1n) is 9.15. The lowest BCUT2D eigenvalue weighted by Gasteiger charge is -2.07. The lowest BCUT2D eigenvalue weighted by atomic mass is 10.2. The molecule has 2 N–H and O–H groups in total. The maximum atomic E-state index is 4.73.